The summed E-state index contributed by atoms with van der Waals surface area (Å²) in [7, 11) is -3.51. The van der Waals surface area contributed by atoms with Crippen molar-refractivity contribution in [3.8, 4) is 5.75 Å². The number of hydrogen-bond acceptors (Lipinski definition) is 5. The monoisotopic (exact) mass is 489 g/mol. The van der Waals surface area contributed by atoms with Gasteiger partial charge in [-0.05, 0) is 42.5 Å². The van der Waals surface area contributed by atoms with Crippen LogP contribution in [0.15, 0.2) is 42.5 Å². The molecule has 7 nitrogen and oxygen atoms in total. The number of carbonyl (C=O) groups excluding carboxylic acids is 1. The summed E-state index contributed by atoms with van der Waals surface area (Å²) in [5.41, 5.74) is 0.853. The molecule has 1 aliphatic heterocycles. The minimum atomic E-state index is -3.51. The molecule has 0 bridgehead atoms. The molecule has 1 fully saturated rings. The highest BCUT2D eigenvalue weighted by Gasteiger charge is 2.26. The van der Waals surface area contributed by atoms with E-state index in [2.05, 4.69) is 5.32 Å². The Kier molecular flexibility index (Phi) is 7.99. The first-order chi connectivity index (χ1) is 14.7. The van der Waals surface area contributed by atoms with E-state index in [-0.39, 0.29) is 29.7 Å². The predicted octanol–water partition coefficient (Wildman–Crippen LogP) is 2.78. The van der Waals surface area contributed by atoms with Crippen molar-refractivity contribution in [3.05, 3.63) is 58.3 Å². The van der Waals surface area contributed by atoms with Crippen molar-refractivity contribution < 1.29 is 22.3 Å². The first-order valence-electron chi connectivity index (χ1n) is 9.57. The Morgan fingerprint density at radius 1 is 1.06 bits per heavy atom. The molecule has 0 aromatic heterocycles. The lowest BCUT2D eigenvalue weighted by Gasteiger charge is -2.35. The van der Waals surface area contributed by atoms with Gasteiger partial charge in [0.2, 0.25) is 10.0 Å². The lowest BCUT2D eigenvalue weighted by Crippen LogP contribution is -2.50. The fourth-order valence-corrected chi connectivity index (χ4v) is 4.91. The van der Waals surface area contributed by atoms with Gasteiger partial charge >= 0.3 is 0 Å². The van der Waals surface area contributed by atoms with E-state index in [9.17, 15) is 17.6 Å². The first kappa shape index (κ1) is 23.6. The van der Waals surface area contributed by atoms with Crippen LogP contribution in [-0.4, -0.2) is 63.7 Å². The summed E-state index contributed by atoms with van der Waals surface area (Å²) in [6, 6.07) is 10.7. The number of carbonyl (C=O) groups is 1. The molecular weight excluding hydrogens is 468 g/mol. The second kappa shape index (κ2) is 10.5. The Hall–Kier alpha value is -2.07. The number of piperazine rings is 1. The topological polar surface area (TPSA) is 78.9 Å². The molecule has 1 heterocycles. The summed E-state index contributed by atoms with van der Waals surface area (Å²) < 4.78 is 44.9. The fraction of sp³-hybridized carbons (Fsp3) is 0.350. The minimum Gasteiger partial charge on any atom is -0.482 e. The SMILES string of the molecule is O=C(COc1ccc(Cl)cc1Cl)NCCS(=O)(=O)N1CCN(c2ccc(F)cc2)CC1. The molecule has 0 radical (unpaired) electrons. The Morgan fingerprint density at radius 2 is 1.74 bits per heavy atom. The van der Waals surface area contributed by atoms with E-state index in [0.717, 1.165) is 5.69 Å². The van der Waals surface area contributed by atoms with E-state index < -0.39 is 15.9 Å². The highest BCUT2D eigenvalue weighted by Crippen LogP contribution is 2.27. The summed E-state index contributed by atoms with van der Waals surface area (Å²) in [6.45, 7) is 1.34. The molecule has 1 saturated heterocycles. The third-order valence-electron chi connectivity index (χ3n) is 4.76. The predicted molar refractivity (Wildman–Crippen MR) is 119 cm³/mol. The smallest absolute Gasteiger partial charge is 0.257 e. The Bertz CT molecular complexity index is 1010. The van der Waals surface area contributed by atoms with E-state index in [1.807, 2.05) is 4.90 Å². The van der Waals surface area contributed by atoms with Crippen LogP contribution >= 0.6 is 23.2 Å². The number of nitrogens with one attached hydrogen (secondary N) is 1. The van der Waals surface area contributed by atoms with Gasteiger partial charge in [-0.3, -0.25) is 4.79 Å². The van der Waals surface area contributed by atoms with Crippen LogP contribution in [0, 0.1) is 5.82 Å². The number of amides is 1. The normalized spacial score (nSPS) is 15.0. The second-order valence-corrected chi connectivity index (χ2v) is 9.82. The Labute approximate surface area is 190 Å². The van der Waals surface area contributed by atoms with Gasteiger partial charge in [-0.1, -0.05) is 23.2 Å². The molecule has 0 saturated carbocycles. The molecule has 31 heavy (non-hydrogen) atoms. The van der Waals surface area contributed by atoms with Crippen molar-refractivity contribution in [3.63, 3.8) is 0 Å². The third-order valence-corrected chi connectivity index (χ3v) is 7.16. The van der Waals surface area contributed by atoms with Crippen molar-refractivity contribution in [2.45, 2.75) is 0 Å². The molecular formula is C20H22Cl2FN3O4S. The van der Waals surface area contributed by atoms with E-state index in [4.69, 9.17) is 27.9 Å². The number of anilines is 1. The summed E-state index contributed by atoms with van der Waals surface area (Å²) in [4.78, 5) is 13.9. The average Bonchev–Trinajstić information content (AvgIpc) is 2.74. The van der Waals surface area contributed by atoms with E-state index in [0.29, 0.717) is 37.0 Å². The minimum absolute atomic E-state index is 0.0307. The number of ether oxygens (including phenoxy) is 1. The van der Waals surface area contributed by atoms with E-state index in [1.54, 1.807) is 24.3 Å². The molecule has 1 amide bonds. The lowest BCUT2D eigenvalue weighted by molar-refractivity contribution is -0.122. The van der Waals surface area contributed by atoms with Gasteiger partial charge < -0.3 is 15.0 Å². The number of nitrogens with zero attached hydrogens (tertiary/aromatic N) is 2. The molecule has 3 rings (SSSR count). The molecule has 1 N–H and O–H groups in total. The lowest BCUT2D eigenvalue weighted by atomic mass is 10.2. The molecule has 11 heteroatoms. The van der Waals surface area contributed by atoms with Crippen LogP contribution in [0.1, 0.15) is 0 Å². The molecule has 0 unspecified atom stereocenters. The van der Waals surface area contributed by atoms with Crippen LogP contribution in [0.4, 0.5) is 10.1 Å². The average molecular weight is 490 g/mol. The van der Waals surface area contributed by atoms with Gasteiger partial charge in [-0.15, -0.1) is 0 Å². The number of hydrogen-bond donors (Lipinski definition) is 1. The van der Waals surface area contributed by atoms with Crippen LogP contribution in [0.3, 0.4) is 0 Å². The summed E-state index contributed by atoms with van der Waals surface area (Å²) in [5, 5.41) is 3.26. The Morgan fingerprint density at radius 3 is 2.39 bits per heavy atom. The maximum Gasteiger partial charge on any atom is 0.257 e. The summed E-state index contributed by atoms with van der Waals surface area (Å²) >= 11 is 11.8. The number of rotatable bonds is 8. The molecule has 2 aromatic carbocycles. The standard InChI is InChI=1S/C20H22Cl2FN3O4S/c21-15-1-6-19(18(22)13-15)30-14-20(27)24-7-12-31(28,29)26-10-8-25(9-11-26)17-4-2-16(23)3-5-17/h1-6,13H,7-12,14H2,(H,24,27). The van der Waals surface area contributed by atoms with Crippen molar-refractivity contribution in [1.29, 1.82) is 0 Å². The number of sulfonamides is 1. The van der Waals surface area contributed by atoms with Gasteiger partial charge in [0.15, 0.2) is 6.61 Å². The highest BCUT2D eigenvalue weighted by molar-refractivity contribution is 7.89. The largest absolute Gasteiger partial charge is 0.482 e. The van der Waals surface area contributed by atoms with Crippen molar-refractivity contribution in [1.82, 2.24) is 9.62 Å². The molecule has 0 aliphatic carbocycles. The molecule has 0 atom stereocenters. The van der Waals surface area contributed by atoms with Gasteiger partial charge in [-0.25, -0.2) is 12.8 Å². The zero-order valence-corrected chi connectivity index (χ0v) is 18.9. The number of benzene rings is 2. The summed E-state index contributed by atoms with van der Waals surface area (Å²) in [5.74, 6) is -0.666. The van der Waals surface area contributed by atoms with Crippen molar-refractivity contribution in [2.24, 2.45) is 0 Å². The van der Waals surface area contributed by atoms with Crippen LogP contribution < -0.4 is 15.0 Å². The quantitative estimate of drug-likeness (QED) is 0.616. The fourth-order valence-electron chi connectivity index (χ4n) is 3.11. The highest BCUT2D eigenvalue weighted by atomic mass is 35.5. The zero-order valence-electron chi connectivity index (χ0n) is 16.6. The van der Waals surface area contributed by atoms with E-state index in [1.165, 1.54) is 22.5 Å². The number of halogens is 3. The van der Waals surface area contributed by atoms with Crippen LogP contribution in [0.25, 0.3) is 0 Å². The summed E-state index contributed by atoms with van der Waals surface area (Å²) in [6.07, 6.45) is 0. The van der Waals surface area contributed by atoms with Crippen LogP contribution in [0.5, 0.6) is 5.75 Å². The van der Waals surface area contributed by atoms with Crippen LogP contribution in [0.2, 0.25) is 10.0 Å². The van der Waals surface area contributed by atoms with Crippen LogP contribution in [-0.2, 0) is 14.8 Å². The molecule has 168 valence electrons. The maximum absolute atomic E-state index is 13.1. The molecule has 1 aliphatic rings. The first-order valence-corrected chi connectivity index (χ1v) is 11.9. The Balaban J connectivity index is 1.40. The van der Waals surface area contributed by atoms with Gasteiger partial charge in [0, 0.05) is 43.4 Å². The third kappa shape index (κ3) is 6.70. The van der Waals surface area contributed by atoms with Gasteiger partial charge in [0.05, 0.1) is 10.8 Å². The van der Waals surface area contributed by atoms with Gasteiger partial charge in [0.1, 0.15) is 11.6 Å². The molecule has 0 spiro atoms. The second-order valence-electron chi connectivity index (χ2n) is 6.89. The van der Waals surface area contributed by atoms with Crippen molar-refractivity contribution in [2.75, 3.05) is 50.0 Å². The maximum atomic E-state index is 13.1. The molecule has 2 aromatic rings. The zero-order chi connectivity index (χ0) is 22.4. The van der Waals surface area contributed by atoms with Crippen molar-refractivity contribution >= 4 is 44.8 Å². The van der Waals surface area contributed by atoms with E-state index >= 15 is 0 Å². The van der Waals surface area contributed by atoms with Gasteiger partial charge in [0.25, 0.3) is 5.91 Å². The van der Waals surface area contributed by atoms with Gasteiger partial charge in [-0.2, -0.15) is 4.31 Å².